The number of rotatable bonds is 5. The van der Waals surface area contributed by atoms with Gasteiger partial charge in [0.2, 0.25) is 0 Å². The van der Waals surface area contributed by atoms with Crippen LogP contribution in [0.1, 0.15) is 19.8 Å². The highest BCUT2D eigenvalue weighted by molar-refractivity contribution is 7.86. The lowest BCUT2D eigenvalue weighted by Gasteiger charge is -2.21. The van der Waals surface area contributed by atoms with Gasteiger partial charge in [-0.05, 0) is 19.8 Å². The van der Waals surface area contributed by atoms with Crippen LogP contribution in [0, 0.1) is 0 Å². The Morgan fingerprint density at radius 3 is 2.80 bits per heavy atom. The summed E-state index contributed by atoms with van der Waals surface area (Å²) in [7, 11) is -3.49. The molecule has 1 rings (SSSR count). The van der Waals surface area contributed by atoms with Gasteiger partial charge in [0.1, 0.15) is 12.1 Å². The standard InChI is InChI=1S/C7H15NO5S2/c1-2-15(11,12)13-7-4-3-5-8(7)6-14(9)10/h7H,2-6H2,1H3,(H,9,10)/t7-/m0/s1. The van der Waals surface area contributed by atoms with E-state index in [4.69, 9.17) is 8.74 Å². The minimum Gasteiger partial charge on any atom is -0.305 e. The fraction of sp³-hybridized carbons (Fsp3) is 1.00. The molecule has 1 heterocycles. The van der Waals surface area contributed by atoms with E-state index in [1.54, 1.807) is 4.90 Å². The van der Waals surface area contributed by atoms with Crippen molar-refractivity contribution in [3.8, 4) is 0 Å². The van der Waals surface area contributed by atoms with Crippen molar-refractivity contribution in [1.82, 2.24) is 4.90 Å². The molecule has 15 heavy (non-hydrogen) atoms. The second-order valence-electron chi connectivity index (χ2n) is 3.30. The Morgan fingerprint density at radius 2 is 2.27 bits per heavy atom. The van der Waals surface area contributed by atoms with Crippen LogP contribution < -0.4 is 0 Å². The minimum absolute atomic E-state index is 0.0656. The second-order valence-corrected chi connectivity index (χ2v) is 6.09. The maximum atomic E-state index is 11.2. The van der Waals surface area contributed by atoms with Gasteiger partial charge in [-0.25, -0.2) is 4.21 Å². The van der Waals surface area contributed by atoms with Crippen LogP contribution in [0.15, 0.2) is 0 Å². The quantitative estimate of drug-likeness (QED) is 0.549. The molecule has 0 aromatic rings. The average Bonchev–Trinajstić information content (AvgIpc) is 2.51. The van der Waals surface area contributed by atoms with E-state index in [0.29, 0.717) is 13.0 Å². The predicted molar refractivity (Wildman–Crippen MR) is 55.9 cm³/mol. The molecule has 0 aliphatic carbocycles. The maximum absolute atomic E-state index is 11.2. The smallest absolute Gasteiger partial charge is 0.268 e. The summed E-state index contributed by atoms with van der Waals surface area (Å²) in [4.78, 5) is 1.57. The summed E-state index contributed by atoms with van der Waals surface area (Å²) in [5, 5.41) is 0. The van der Waals surface area contributed by atoms with Gasteiger partial charge in [0, 0.05) is 6.54 Å². The number of nitrogens with zero attached hydrogens (tertiary/aromatic N) is 1. The lowest BCUT2D eigenvalue weighted by Crippen LogP contribution is -2.36. The Balaban J connectivity index is 2.57. The first-order valence-corrected chi connectivity index (χ1v) is 7.52. The topological polar surface area (TPSA) is 83.9 Å². The van der Waals surface area contributed by atoms with Crippen LogP contribution in [0.2, 0.25) is 0 Å². The Labute approximate surface area is 92.0 Å². The normalized spacial score (nSPS) is 25.6. The molecule has 0 spiro atoms. The van der Waals surface area contributed by atoms with Crippen LogP contribution in [-0.2, 0) is 25.4 Å². The van der Waals surface area contributed by atoms with E-state index < -0.39 is 27.4 Å². The second kappa shape index (κ2) is 5.35. The summed E-state index contributed by atoms with van der Waals surface area (Å²) in [5.41, 5.74) is 0. The Hall–Kier alpha value is -0.0200. The predicted octanol–water partition coefficient (Wildman–Crippen LogP) is -0.0462. The monoisotopic (exact) mass is 257 g/mol. The van der Waals surface area contributed by atoms with Crippen LogP contribution in [-0.4, -0.2) is 46.5 Å². The molecule has 0 aromatic carbocycles. The van der Waals surface area contributed by atoms with E-state index in [1.165, 1.54) is 6.92 Å². The fourth-order valence-electron chi connectivity index (χ4n) is 1.43. The fourth-order valence-corrected chi connectivity index (χ4v) is 2.70. The van der Waals surface area contributed by atoms with E-state index in [0.717, 1.165) is 6.42 Å². The zero-order valence-corrected chi connectivity index (χ0v) is 10.1. The summed E-state index contributed by atoms with van der Waals surface area (Å²) in [6.45, 7) is 2.09. The van der Waals surface area contributed by atoms with E-state index >= 15 is 0 Å². The lowest BCUT2D eigenvalue weighted by molar-refractivity contribution is 0.0811. The molecule has 0 radical (unpaired) electrons. The molecular weight excluding hydrogens is 242 g/mol. The third kappa shape index (κ3) is 4.15. The molecule has 6 nitrogen and oxygen atoms in total. The maximum Gasteiger partial charge on any atom is 0.268 e. The van der Waals surface area contributed by atoms with Gasteiger partial charge in [0.25, 0.3) is 10.1 Å². The molecule has 1 saturated heterocycles. The van der Waals surface area contributed by atoms with Crippen molar-refractivity contribution in [2.24, 2.45) is 0 Å². The third-order valence-electron chi connectivity index (χ3n) is 2.19. The van der Waals surface area contributed by atoms with Crippen molar-refractivity contribution in [3.05, 3.63) is 0 Å². The van der Waals surface area contributed by atoms with Gasteiger partial charge in [-0.15, -0.1) is 0 Å². The van der Waals surface area contributed by atoms with E-state index in [2.05, 4.69) is 0 Å². The first kappa shape index (κ1) is 13.0. The highest BCUT2D eigenvalue weighted by Gasteiger charge is 2.30. The zero-order valence-electron chi connectivity index (χ0n) is 8.46. The third-order valence-corrected chi connectivity index (χ3v) is 3.97. The Morgan fingerprint density at radius 1 is 1.60 bits per heavy atom. The summed E-state index contributed by atoms with van der Waals surface area (Å²) >= 11 is -1.96. The van der Waals surface area contributed by atoms with Gasteiger partial charge in [0.05, 0.1) is 5.75 Å². The molecule has 1 unspecified atom stereocenters. The van der Waals surface area contributed by atoms with Gasteiger partial charge >= 0.3 is 0 Å². The van der Waals surface area contributed by atoms with Gasteiger partial charge in [-0.2, -0.15) is 8.42 Å². The van der Waals surface area contributed by atoms with Gasteiger partial charge in [-0.3, -0.25) is 9.08 Å². The van der Waals surface area contributed by atoms with Crippen LogP contribution in [0.3, 0.4) is 0 Å². The van der Waals surface area contributed by atoms with Crippen molar-refractivity contribution in [1.29, 1.82) is 0 Å². The molecule has 0 aromatic heterocycles. The first-order chi connectivity index (χ1) is 6.94. The van der Waals surface area contributed by atoms with Crippen molar-refractivity contribution in [2.45, 2.75) is 26.0 Å². The van der Waals surface area contributed by atoms with Crippen LogP contribution in [0.5, 0.6) is 0 Å². The first-order valence-electron chi connectivity index (χ1n) is 4.67. The van der Waals surface area contributed by atoms with Gasteiger partial charge in [0.15, 0.2) is 11.1 Å². The highest BCUT2D eigenvalue weighted by atomic mass is 32.2. The number of likely N-dealkylation sites (tertiary alicyclic amines) is 1. The molecule has 0 saturated carbocycles. The van der Waals surface area contributed by atoms with E-state index in [-0.39, 0.29) is 11.6 Å². The molecule has 2 atom stereocenters. The van der Waals surface area contributed by atoms with Crippen LogP contribution >= 0.6 is 0 Å². The molecule has 90 valence electrons. The Kier molecular flexibility index (Phi) is 4.65. The molecule has 0 amide bonds. The molecule has 1 aliphatic rings. The molecule has 8 heteroatoms. The van der Waals surface area contributed by atoms with Crippen molar-refractivity contribution in [3.63, 3.8) is 0 Å². The molecule has 1 N–H and O–H groups in total. The largest absolute Gasteiger partial charge is 0.305 e. The average molecular weight is 257 g/mol. The molecular formula is C7H15NO5S2. The minimum atomic E-state index is -3.49. The number of hydrogen-bond acceptors (Lipinski definition) is 5. The van der Waals surface area contributed by atoms with Crippen molar-refractivity contribution < 1.29 is 21.4 Å². The van der Waals surface area contributed by atoms with Crippen LogP contribution in [0.4, 0.5) is 0 Å². The summed E-state index contributed by atoms with van der Waals surface area (Å²) in [6.07, 6.45) is 0.781. The van der Waals surface area contributed by atoms with Crippen molar-refractivity contribution in [2.75, 3.05) is 18.2 Å². The Bertz CT molecular complexity index is 328. The molecule has 1 aliphatic heterocycles. The summed E-state index contributed by atoms with van der Waals surface area (Å²) in [6, 6.07) is 0. The number of hydrogen-bond donors (Lipinski definition) is 1. The SMILES string of the molecule is CCS(=O)(=O)O[C@H]1CCCN1CS(=O)O. The molecule has 0 bridgehead atoms. The lowest BCUT2D eigenvalue weighted by atomic mass is 10.4. The van der Waals surface area contributed by atoms with E-state index in [1.807, 2.05) is 0 Å². The molecule has 1 fully saturated rings. The van der Waals surface area contributed by atoms with Crippen molar-refractivity contribution >= 4 is 21.2 Å². The summed E-state index contributed by atoms with van der Waals surface area (Å²) < 4.78 is 46.6. The van der Waals surface area contributed by atoms with E-state index in [9.17, 15) is 12.6 Å². The zero-order chi connectivity index (χ0) is 11.5. The van der Waals surface area contributed by atoms with Crippen LogP contribution in [0.25, 0.3) is 0 Å². The van der Waals surface area contributed by atoms with Gasteiger partial charge in [-0.1, -0.05) is 0 Å². The van der Waals surface area contributed by atoms with Gasteiger partial charge < -0.3 is 4.55 Å². The summed E-state index contributed by atoms with van der Waals surface area (Å²) in [5.74, 6) is -0.149. The highest BCUT2D eigenvalue weighted by Crippen LogP contribution is 2.20.